The maximum atomic E-state index is 13.3. The molecule has 0 spiro atoms. The first-order chi connectivity index (χ1) is 17.8. The van der Waals surface area contributed by atoms with E-state index in [0.29, 0.717) is 36.9 Å². The number of hydrogen-bond acceptors (Lipinski definition) is 6. The van der Waals surface area contributed by atoms with Crippen LogP contribution in [-0.4, -0.2) is 51.4 Å². The molecule has 2 N–H and O–H groups in total. The van der Waals surface area contributed by atoms with Crippen molar-refractivity contribution in [1.29, 1.82) is 0 Å². The van der Waals surface area contributed by atoms with E-state index in [-0.39, 0.29) is 29.5 Å². The molecule has 3 aliphatic rings. The zero-order valence-corrected chi connectivity index (χ0v) is 22.7. The summed E-state index contributed by atoms with van der Waals surface area (Å²) < 4.78 is 38.0. The highest BCUT2D eigenvalue weighted by Crippen LogP contribution is 2.38. The molecule has 2 fully saturated rings. The van der Waals surface area contributed by atoms with Gasteiger partial charge in [0.25, 0.3) is 0 Å². The van der Waals surface area contributed by atoms with Gasteiger partial charge in [0, 0.05) is 36.0 Å². The molecule has 7 nitrogen and oxygen atoms in total. The molecular weight excluding hydrogens is 512 g/mol. The van der Waals surface area contributed by atoms with Gasteiger partial charge in [-0.25, -0.2) is 13.2 Å². The molecular formula is C28H35ClN2O5S. The highest BCUT2D eigenvalue weighted by molar-refractivity contribution is 7.91. The van der Waals surface area contributed by atoms with Crippen LogP contribution in [0.3, 0.4) is 0 Å². The van der Waals surface area contributed by atoms with E-state index in [1.165, 1.54) is 5.56 Å². The summed E-state index contributed by atoms with van der Waals surface area (Å²) in [6, 6.07) is 13.5. The lowest BCUT2D eigenvalue weighted by molar-refractivity contribution is 0.144. The topological polar surface area (TPSA) is 93.7 Å². The first-order valence-electron chi connectivity index (χ1n) is 13.2. The third kappa shape index (κ3) is 6.41. The number of nitrogens with one attached hydrogen (secondary N) is 2. The van der Waals surface area contributed by atoms with Gasteiger partial charge in [0.1, 0.15) is 5.75 Å². The predicted molar refractivity (Wildman–Crippen MR) is 144 cm³/mol. The van der Waals surface area contributed by atoms with Crippen LogP contribution in [0, 0.1) is 11.8 Å². The molecule has 1 saturated carbocycles. The number of rotatable bonds is 10. The van der Waals surface area contributed by atoms with Crippen molar-refractivity contribution in [2.75, 3.05) is 25.4 Å². The lowest BCUT2D eigenvalue weighted by Gasteiger charge is -2.36. The van der Waals surface area contributed by atoms with E-state index in [2.05, 4.69) is 10.6 Å². The number of sulfone groups is 1. The molecule has 5 rings (SSSR count). The molecule has 1 heterocycles. The van der Waals surface area contributed by atoms with Gasteiger partial charge in [0.15, 0.2) is 9.84 Å². The largest absolute Gasteiger partial charge is 0.474 e. The van der Waals surface area contributed by atoms with Crippen LogP contribution >= 0.6 is 11.6 Å². The van der Waals surface area contributed by atoms with Gasteiger partial charge >= 0.3 is 6.09 Å². The minimum atomic E-state index is -3.39. The number of benzene rings is 2. The molecule has 37 heavy (non-hydrogen) atoms. The summed E-state index contributed by atoms with van der Waals surface area (Å²) in [4.78, 5) is 12.4. The first kappa shape index (κ1) is 26.3. The number of aryl methyl sites for hydroxylation is 1. The Morgan fingerprint density at radius 1 is 1.16 bits per heavy atom. The van der Waals surface area contributed by atoms with Crippen molar-refractivity contribution >= 4 is 27.5 Å². The molecule has 3 atom stereocenters. The number of fused-ring (bicyclic) bond motifs is 1. The van der Waals surface area contributed by atoms with Gasteiger partial charge in [-0.1, -0.05) is 29.8 Å². The molecule has 2 aliphatic carbocycles. The lowest BCUT2D eigenvalue weighted by Crippen LogP contribution is -2.53. The van der Waals surface area contributed by atoms with E-state index in [9.17, 15) is 13.2 Å². The molecule has 9 heteroatoms. The molecule has 1 amide bonds. The number of ether oxygens (including phenoxy) is 2. The van der Waals surface area contributed by atoms with Crippen molar-refractivity contribution < 1.29 is 22.7 Å². The highest BCUT2D eigenvalue weighted by Gasteiger charge is 2.42. The molecule has 200 valence electrons. The number of halogens is 1. The van der Waals surface area contributed by atoms with Crippen LogP contribution in [0.15, 0.2) is 42.5 Å². The van der Waals surface area contributed by atoms with Crippen LogP contribution in [0.5, 0.6) is 5.75 Å². The Bertz CT molecular complexity index is 1230. The SMILES string of the molecule is CCOC(=O)NC1CCc2ccc(OC(C3CNC3)S(=O)(=O)CC3CC3)cc2C1Cc1cccc(Cl)c1. The Hall–Kier alpha value is -2.29. The van der Waals surface area contributed by atoms with Gasteiger partial charge < -0.3 is 20.1 Å². The summed E-state index contributed by atoms with van der Waals surface area (Å²) in [6.45, 7) is 3.37. The molecule has 0 bridgehead atoms. The van der Waals surface area contributed by atoms with Crippen molar-refractivity contribution in [3.05, 3.63) is 64.2 Å². The van der Waals surface area contributed by atoms with Gasteiger partial charge in [-0.3, -0.25) is 0 Å². The van der Waals surface area contributed by atoms with E-state index in [1.54, 1.807) is 6.92 Å². The van der Waals surface area contributed by atoms with Crippen molar-refractivity contribution in [2.45, 2.75) is 56.4 Å². The predicted octanol–water partition coefficient (Wildman–Crippen LogP) is 4.48. The minimum absolute atomic E-state index is 0.0398. The Labute approximate surface area is 224 Å². The first-order valence-corrected chi connectivity index (χ1v) is 15.3. The van der Waals surface area contributed by atoms with Crippen molar-refractivity contribution in [3.63, 3.8) is 0 Å². The number of alkyl carbamates (subject to hydrolysis) is 1. The third-order valence-corrected chi connectivity index (χ3v) is 9.98. The smallest absolute Gasteiger partial charge is 0.407 e. The Morgan fingerprint density at radius 3 is 2.65 bits per heavy atom. The molecule has 2 aromatic carbocycles. The fraction of sp³-hybridized carbons (Fsp3) is 0.536. The Kier molecular flexibility index (Phi) is 7.98. The van der Waals surface area contributed by atoms with Crippen molar-refractivity contribution in [2.24, 2.45) is 11.8 Å². The van der Waals surface area contributed by atoms with Crippen molar-refractivity contribution in [1.82, 2.24) is 10.6 Å². The van der Waals surface area contributed by atoms with Crippen molar-refractivity contribution in [3.8, 4) is 5.75 Å². The average molecular weight is 547 g/mol. The van der Waals surface area contributed by atoms with E-state index in [1.807, 2.05) is 42.5 Å². The van der Waals surface area contributed by atoms with Gasteiger partial charge in [-0.2, -0.15) is 0 Å². The van der Waals surface area contributed by atoms with Gasteiger partial charge in [0.2, 0.25) is 5.44 Å². The molecule has 1 aliphatic heterocycles. The highest BCUT2D eigenvalue weighted by atomic mass is 35.5. The standard InChI is InChI=1S/C28H35ClN2O5S/c1-2-35-28(32)31-26-11-9-20-8-10-23(14-24(20)25(26)13-19-4-3-5-22(29)12-19)36-27(21-15-30-16-21)37(33,34)17-18-6-7-18/h3-5,8,10,12,14,18,21,25-27,30H,2,6-7,9,11,13,15-17H2,1H3,(H,31,32). The van der Waals surface area contributed by atoms with E-state index >= 15 is 0 Å². The average Bonchev–Trinajstić information content (AvgIpc) is 3.62. The molecule has 0 radical (unpaired) electrons. The minimum Gasteiger partial charge on any atom is -0.474 e. The zero-order chi connectivity index (χ0) is 26.0. The van der Waals surface area contributed by atoms with Crippen LogP contribution in [-0.2, 0) is 27.4 Å². The van der Waals surface area contributed by atoms with Crippen LogP contribution < -0.4 is 15.4 Å². The lowest BCUT2D eigenvalue weighted by atomic mass is 9.76. The number of carbonyl (C=O) groups is 1. The molecule has 1 saturated heterocycles. The van der Waals surface area contributed by atoms with Crippen LogP contribution in [0.2, 0.25) is 5.02 Å². The molecule has 3 unspecified atom stereocenters. The Balaban J connectivity index is 1.44. The second-order valence-electron chi connectivity index (χ2n) is 10.5. The number of hydrogen-bond donors (Lipinski definition) is 2. The fourth-order valence-corrected chi connectivity index (χ4v) is 7.85. The summed E-state index contributed by atoms with van der Waals surface area (Å²) in [5.74, 6) is 0.928. The summed E-state index contributed by atoms with van der Waals surface area (Å²) >= 11 is 6.27. The van der Waals surface area contributed by atoms with Crippen LogP contribution in [0.4, 0.5) is 4.79 Å². The third-order valence-electron chi connectivity index (χ3n) is 7.62. The maximum Gasteiger partial charge on any atom is 0.407 e. The van der Waals surface area contributed by atoms with E-state index in [4.69, 9.17) is 21.1 Å². The maximum absolute atomic E-state index is 13.3. The number of carbonyl (C=O) groups excluding carboxylic acids is 1. The number of amides is 1. The fourth-order valence-electron chi connectivity index (χ4n) is 5.42. The van der Waals surface area contributed by atoms with Gasteiger partial charge in [-0.15, -0.1) is 0 Å². The van der Waals surface area contributed by atoms with Gasteiger partial charge in [-0.05, 0) is 85.9 Å². The zero-order valence-electron chi connectivity index (χ0n) is 21.1. The summed E-state index contributed by atoms with van der Waals surface area (Å²) in [5, 5.41) is 6.91. The molecule has 0 aromatic heterocycles. The second kappa shape index (κ2) is 11.2. The van der Waals surface area contributed by atoms with E-state index in [0.717, 1.165) is 36.8 Å². The van der Waals surface area contributed by atoms with Crippen LogP contribution in [0.1, 0.15) is 48.8 Å². The summed E-state index contributed by atoms with van der Waals surface area (Å²) in [7, 11) is -3.39. The summed E-state index contributed by atoms with van der Waals surface area (Å²) in [6.07, 6.45) is 3.78. The summed E-state index contributed by atoms with van der Waals surface area (Å²) in [5.41, 5.74) is 2.47. The quantitative estimate of drug-likeness (QED) is 0.456. The molecule has 2 aromatic rings. The Morgan fingerprint density at radius 2 is 1.97 bits per heavy atom. The van der Waals surface area contributed by atoms with Crippen LogP contribution in [0.25, 0.3) is 0 Å². The van der Waals surface area contributed by atoms with Gasteiger partial charge in [0.05, 0.1) is 12.4 Å². The monoisotopic (exact) mass is 546 g/mol. The normalized spacial score (nSPS) is 22.4. The second-order valence-corrected chi connectivity index (χ2v) is 13.0. The van der Waals surface area contributed by atoms with E-state index < -0.39 is 21.4 Å².